The van der Waals surface area contributed by atoms with E-state index in [1.165, 1.54) is 18.2 Å². The van der Waals surface area contributed by atoms with Crippen molar-refractivity contribution in [3.05, 3.63) is 71.3 Å². The Kier molecular flexibility index (Phi) is 3.78. The van der Waals surface area contributed by atoms with Crippen LogP contribution in [0.25, 0.3) is 11.0 Å². The van der Waals surface area contributed by atoms with Gasteiger partial charge in [-0.15, -0.1) is 0 Å². The Labute approximate surface area is 127 Å². The van der Waals surface area contributed by atoms with Crippen molar-refractivity contribution in [3.8, 4) is 0 Å². The van der Waals surface area contributed by atoms with E-state index in [0.29, 0.717) is 5.69 Å². The molecule has 0 aliphatic heterocycles. The molecule has 1 N–H and O–H groups in total. The second-order valence-electron chi connectivity index (χ2n) is 4.94. The maximum atomic E-state index is 13.1. The SMILES string of the molecule is Cc1nc2ccccc2nc1CNC(=O)c1cccc(F)c1. The van der Waals surface area contributed by atoms with Gasteiger partial charge in [0.25, 0.3) is 5.91 Å². The van der Waals surface area contributed by atoms with Gasteiger partial charge in [-0.1, -0.05) is 18.2 Å². The molecule has 0 radical (unpaired) electrons. The highest BCUT2D eigenvalue weighted by molar-refractivity contribution is 5.94. The monoisotopic (exact) mass is 295 g/mol. The lowest BCUT2D eigenvalue weighted by Crippen LogP contribution is -2.24. The van der Waals surface area contributed by atoms with Gasteiger partial charge in [-0.25, -0.2) is 14.4 Å². The lowest BCUT2D eigenvalue weighted by molar-refractivity contribution is 0.0950. The van der Waals surface area contributed by atoms with Crippen LogP contribution in [0.5, 0.6) is 0 Å². The number of fused-ring (bicyclic) bond motifs is 1. The minimum atomic E-state index is -0.436. The number of hydrogen-bond donors (Lipinski definition) is 1. The second kappa shape index (κ2) is 5.89. The minimum absolute atomic E-state index is 0.249. The minimum Gasteiger partial charge on any atom is -0.346 e. The number of carbonyl (C=O) groups is 1. The lowest BCUT2D eigenvalue weighted by Gasteiger charge is -2.08. The highest BCUT2D eigenvalue weighted by Gasteiger charge is 2.09. The molecule has 4 nitrogen and oxygen atoms in total. The highest BCUT2D eigenvalue weighted by atomic mass is 19.1. The summed E-state index contributed by atoms with van der Waals surface area (Å²) in [6.45, 7) is 2.10. The van der Waals surface area contributed by atoms with Gasteiger partial charge in [0.1, 0.15) is 5.82 Å². The number of nitrogens with zero attached hydrogens (tertiary/aromatic N) is 2. The van der Waals surface area contributed by atoms with E-state index in [0.717, 1.165) is 16.7 Å². The predicted molar refractivity (Wildman–Crippen MR) is 81.8 cm³/mol. The van der Waals surface area contributed by atoms with Crippen molar-refractivity contribution >= 4 is 16.9 Å². The summed E-state index contributed by atoms with van der Waals surface area (Å²) >= 11 is 0. The molecule has 22 heavy (non-hydrogen) atoms. The Hall–Kier alpha value is -2.82. The number of amides is 1. The predicted octanol–water partition coefficient (Wildman–Crippen LogP) is 3.01. The van der Waals surface area contributed by atoms with Crippen molar-refractivity contribution in [3.63, 3.8) is 0 Å². The van der Waals surface area contributed by atoms with E-state index in [1.54, 1.807) is 6.07 Å². The van der Waals surface area contributed by atoms with Gasteiger partial charge in [0.2, 0.25) is 0 Å². The van der Waals surface area contributed by atoms with Crippen LogP contribution in [-0.2, 0) is 6.54 Å². The number of hydrogen-bond acceptors (Lipinski definition) is 3. The Morgan fingerprint density at radius 3 is 2.55 bits per heavy atom. The van der Waals surface area contributed by atoms with Crippen LogP contribution in [0.2, 0.25) is 0 Å². The number of aryl methyl sites for hydroxylation is 1. The molecule has 0 spiro atoms. The van der Waals surface area contributed by atoms with Gasteiger partial charge in [0.15, 0.2) is 0 Å². The molecule has 0 aliphatic carbocycles. The molecule has 2 aromatic carbocycles. The molecule has 0 bridgehead atoms. The molecule has 3 aromatic rings. The van der Waals surface area contributed by atoms with E-state index < -0.39 is 5.82 Å². The molecule has 0 unspecified atom stereocenters. The standard InChI is InChI=1S/C17H14FN3O/c1-11-16(21-15-8-3-2-7-14(15)20-11)10-19-17(22)12-5-4-6-13(18)9-12/h2-9H,10H2,1H3,(H,19,22). The molecule has 5 heteroatoms. The molecule has 0 saturated heterocycles. The third-order valence-electron chi connectivity index (χ3n) is 3.35. The van der Waals surface area contributed by atoms with Gasteiger partial charge in [0, 0.05) is 5.56 Å². The van der Waals surface area contributed by atoms with Gasteiger partial charge in [0.05, 0.1) is 29.0 Å². The largest absolute Gasteiger partial charge is 0.346 e. The molecular formula is C17H14FN3O. The Balaban J connectivity index is 1.79. The van der Waals surface area contributed by atoms with Crippen molar-refractivity contribution in [2.24, 2.45) is 0 Å². The van der Waals surface area contributed by atoms with Crippen LogP contribution in [0.15, 0.2) is 48.5 Å². The molecule has 3 rings (SSSR count). The van der Waals surface area contributed by atoms with E-state index in [4.69, 9.17) is 0 Å². The van der Waals surface area contributed by atoms with Crippen molar-refractivity contribution in [1.29, 1.82) is 0 Å². The normalized spacial score (nSPS) is 10.6. The third-order valence-corrected chi connectivity index (χ3v) is 3.35. The highest BCUT2D eigenvalue weighted by Crippen LogP contribution is 2.12. The van der Waals surface area contributed by atoms with Crippen molar-refractivity contribution < 1.29 is 9.18 Å². The summed E-state index contributed by atoms with van der Waals surface area (Å²) in [5.74, 6) is -0.775. The average molecular weight is 295 g/mol. The average Bonchev–Trinajstić information content (AvgIpc) is 2.52. The number of aromatic nitrogens is 2. The quantitative estimate of drug-likeness (QED) is 0.808. The van der Waals surface area contributed by atoms with E-state index in [9.17, 15) is 9.18 Å². The van der Waals surface area contributed by atoms with Gasteiger partial charge >= 0.3 is 0 Å². The van der Waals surface area contributed by atoms with Gasteiger partial charge in [-0.2, -0.15) is 0 Å². The topological polar surface area (TPSA) is 54.9 Å². The van der Waals surface area contributed by atoms with Crippen molar-refractivity contribution in [2.75, 3.05) is 0 Å². The molecule has 1 aromatic heterocycles. The van der Waals surface area contributed by atoms with Crippen LogP contribution in [0, 0.1) is 12.7 Å². The van der Waals surface area contributed by atoms with Gasteiger partial charge in [-0.3, -0.25) is 4.79 Å². The Morgan fingerprint density at radius 1 is 1.09 bits per heavy atom. The van der Waals surface area contributed by atoms with Crippen molar-refractivity contribution in [1.82, 2.24) is 15.3 Å². The van der Waals surface area contributed by atoms with Crippen LogP contribution in [0.3, 0.4) is 0 Å². The smallest absolute Gasteiger partial charge is 0.251 e. The molecule has 110 valence electrons. The summed E-state index contributed by atoms with van der Waals surface area (Å²) < 4.78 is 13.1. The first-order valence-electron chi connectivity index (χ1n) is 6.89. The van der Waals surface area contributed by atoms with E-state index in [2.05, 4.69) is 15.3 Å². The van der Waals surface area contributed by atoms with Crippen LogP contribution in [-0.4, -0.2) is 15.9 Å². The Bertz CT molecular complexity index is 848. The summed E-state index contributed by atoms with van der Waals surface area (Å²) in [6.07, 6.45) is 0. The van der Waals surface area contributed by atoms with E-state index >= 15 is 0 Å². The fraction of sp³-hybridized carbons (Fsp3) is 0.118. The summed E-state index contributed by atoms with van der Waals surface area (Å²) in [7, 11) is 0. The molecule has 0 aliphatic rings. The zero-order valence-corrected chi connectivity index (χ0v) is 12.0. The van der Waals surface area contributed by atoms with Crippen LogP contribution >= 0.6 is 0 Å². The molecule has 0 fully saturated rings. The fourth-order valence-corrected chi connectivity index (χ4v) is 2.19. The summed E-state index contributed by atoms with van der Waals surface area (Å²) in [4.78, 5) is 21.0. The number of para-hydroxylation sites is 2. The van der Waals surface area contributed by atoms with Crippen molar-refractivity contribution in [2.45, 2.75) is 13.5 Å². The first kappa shape index (κ1) is 14.1. The van der Waals surface area contributed by atoms with Crippen LogP contribution in [0.4, 0.5) is 4.39 Å². The number of benzene rings is 2. The molecule has 0 saturated carbocycles. The zero-order chi connectivity index (χ0) is 15.5. The maximum Gasteiger partial charge on any atom is 0.251 e. The third kappa shape index (κ3) is 2.93. The summed E-state index contributed by atoms with van der Waals surface area (Å²) in [6, 6.07) is 13.1. The van der Waals surface area contributed by atoms with Gasteiger partial charge < -0.3 is 5.32 Å². The van der Waals surface area contributed by atoms with Gasteiger partial charge in [-0.05, 0) is 37.3 Å². The first-order valence-corrected chi connectivity index (χ1v) is 6.89. The summed E-state index contributed by atoms with van der Waals surface area (Å²) in [5.41, 5.74) is 3.34. The number of rotatable bonds is 3. The number of nitrogens with one attached hydrogen (secondary N) is 1. The first-order chi connectivity index (χ1) is 10.6. The second-order valence-corrected chi connectivity index (χ2v) is 4.94. The Morgan fingerprint density at radius 2 is 1.82 bits per heavy atom. The number of carbonyl (C=O) groups excluding carboxylic acids is 1. The zero-order valence-electron chi connectivity index (χ0n) is 12.0. The maximum absolute atomic E-state index is 13.1. The molecular weight excluding hydrogens is 281 g/mol. The van der Waals surface area contributed by atoms with Crippen LogP contribution in [0.1, 0.15) is 21.7 Å². The van der Waals surface area contributed by atoms with E-state index in [-0.39, 0.29) is 18.0 Å². The molecule has 1 amide bonds. The summed E-state index contributed by atoms with van der Waals surface area (Å²) in [5, 5.41) is 2.74. The molecule has 0 atom stereocenters. The van der Waals surface area contributed by atoms with E-state index in [1.807, 2.05) is 31.2 Å². The lowest BCUT2D eigenvalue weighted by atomic mass is 10.2. The molecule has 1 heterocycles. The fourth-order valence-electron chi connectivity index (χ4n) is 2.19. The number of halogens is 1. The van der Waals surface area contributed by atoms with Crippen LogP contribution < -0.4 is 5.32 Å².